The van der Waals surface area contributed by atoms with Crippen molar-refractivity contribution in [3.63, 3.8) is 0 Å². The van der Waals surface area contributed by atoms with Crippen LogP contribution in [-0.4, -0.2) is 20.6 Å². The first kappa shape index (κ1) is 17.7. The number of carbonyl (C=O) groups is 1. The summed E-state index contributed by atoms with van der Waals surface area (Å²) in [4.78, 5) is 12.8. The molecule has 0 radical (unpaired) electrons. The third-order valence-electron chi connectivity index (χ3n) is 3.16. The number of sulfonamides is 1. The number of halogens is 2. The summed E-state index contributed by atoms with van der Waals surface area (Å²) in [5.74, 6) is -0.766. The number of thiophene rings is 1. The zero-order chi connectivity index (χ0) is 18.2. The standard InChI is InChI=1S/C16H12ClFN2O3S2/c1-25(22,23)20-13-7-10(17)6-12(8-13)19-16(21)15-5-9-4-11(18)2-3-14(9)24-15/h2-8,20H,1H3,(H,19,21). The maximum atomic E-state index is 13.3. The molecule has 130 valence electrons. The topological polar surface area (TPSA) is 75.3 Å². The summed E-state index contributed by atoms with van der Waals surface area (Å²) < 4.78 is 39.0. The molecule has 0 atom stereocenters. The van der Waals surface area contributed by atoms with Gasteiger partial charge in [0.25, 0.3) is 5.91 Å². The number of amides is 1. The number of rotatable bonds is 4. The quantitative estimate of drug-likeness (QED) is 0.687. The smallest absolute Gasteiger partial charge is 0.265 e. The lowest BCUT2D eigenvalue weighted by molar-refractivity contribution is 0.103. The lowest BCUT2D eigenvalue weighted by Crippen LogP contribution is -2.12. The summed E-state index contributed by atoms with van der Waals surface area (Å²) in [5, 5.41) is 3.56. The molecule has 0 spiro atoms. The van der Waals surface area contributed by atoms with Gasteiger partial charge in [0, 0.05) is 15.4 Å². The molecule has 0 aliphatic heterocycles. The summed E-state index contributed by atoms with van der Waals surface area (Å²) in [5.41, 5.74) is 0.580. The van der Waals surface area contributed by atoms with Crippen LogP contribution in [0.15, 0.2) is 42.5 Å². The number of carbonyl (C=O) groups excluding carboxylic acids is 1. The van der Waals surface area contributed by atoms with Gasteiger partial charge in [0.15, 0.2) is 0 Å². The van der Waals surface area contributed by atoms with Crippen molar-refractivity contribution in [3.8, 4) is 0 Å². The highest BCUT2D eigenvalue weighted by Gasteiger charge is 2.12. The Bertz CT molecular complexity index is 1080. The molecule has 0 fully saturated rings. The molecule has 9 heteroatoms. The van der Waals surface area contributed by atoms with Gasteiger partial charge in [-0.15, -0.1) is 11.3 Å². The van der Waals surface area contributed by atoms with E-state index in [1.807, 2.05) is 0 Å². The molecule has 2 aromatic carbocycles. The molecule has 3 aromatic rings. The molecule has 0 bridgehead atoms. The Morgan fingerprint density at radius 2 is 1.84 bits per heavy atom. The number of hydrogen-bond donors (Lipinski definition) is 2. The number of hydrogen-bond acceptors (Lipinski definition) is 4. The molecule has 1 aromatic heterocycles. The van der Waals surface area contributed by atoms with Crippen LogP contribution in [0, 0.1) is 5.82 Å². The van der Waals surface area contributed by atoms with Crippen molar-refractivity contribution < 1.29 is 17.6 Å². The zero-order valence-corrected chi connectivity index (χ0v) is 15.2. The van der Waals surface area contributed by atoms with Crippen molar-refractivity contribution in [1.82, 2.24) is 0 Å². The average molecular weight is 399 g/mol. The van der Waals surface area contributed by atoms with E-state index in [9.17, 15) is 17.6 Å². The van der Waals surface area contributed by atoms with Crippen molar-refractivity contribution in [3.05, 3.63) is 58.2 Å². The van der Waals surface area contributed by atoms with E-state index in [2.05, 4.69) is 10.0 Å². The fourth-order valence-corrected chi connectivity index (χ4v) is 3.97. The minimum atomic E-state index is -3.47. The van der Waals surface area contributed by atoms with Gasteiger partial charge < -0.3 is 5.32 Å². The van der Waals surface area contributed by atoms with Gasteiger partial charge in [-0.1, -0.05) is 11.6 Å². The van der Waals surface area contributed by atoms with Crippen molar-refractivity contribution >= 4 is 60.3 Å². The van der Waals surface area contributed by atoms with Crippen molar-refractivity contribution in [2.75, 3.05) is 16.3 Å². The minimum absolute atomic E-state index is 0.240. The second kappa shape index (κ2) is 6.62. The third-order valence-corrected chi connectivity index (χ3v) is 5.10. The molecule has 5 nitrogen and oxygen atoms in total. The van der Waals surface area contributed by atoms with E-state index >= 15 is 0 Å². The molecule has 25 heavy (non-hydrogen) atoms. The summed E-state index contributed by atoms with van der Waals surface area (Å²) in [7, 11) is -3.47. The van der Waals surface area contributed by atoms with Crippen LogP contribution in [0.3, 0.4) is 0 Å². The number of anilines is 2. The van der Waals surface area contributed by atoms with E-state index in [4.69, 9.17) is 11.6 Å². The molecule has 3 rings (SSSR count). The van der Waals surface area contributed by atoms with Gasteiger partial charge in [-0.3, -0.25) is 9.52 Å². The maximum absolute atomic E-state index is 13.3. The van der Waals surface area contributed by atoms with Crippen molar-refractivity contribution in [2.24, 2.45) is 0 Å². The Morgan fingerprint density at radius 1 is 1.12 bits per heavy atom. The molecule has 0 unspecified atom stereocenters. The molecular formula is C16H12ClFN2O3S2. The van der Waals surface area contributed by atoms with E-state index in [0.29, 0.717) is 16.0 Å². The highest BCUT2D eigenvalue weighted by atomic mass is 35.5. The number of fused-ring (bicyclic) bond motifs is 1. The minimum Gasteiger partial charge on any atom is -0.321 e. The Kier molecular flexibility index (Phi) is 4.68. The van der Waals surface area contributed by atoms with Gasteiger partial charge in [-0.25, -0.2) is 12.8 Å². The number of nitrogens with one attached hydrogen (secondary N) is 2. The summed E-state index contributed by atoms with van der Waals surface area (Å²) >= 11 is 7.19. The highest BCUT2D eigenvalue weighted by molar-refractivity contribution is 7.92. The van der Waals surface area contributed by atoms with Gasteiger partial charge in [-0.2, -0.15) is 0 Å². The van der Waals surface area contributed by atoms with Crippen LogP contribution in [0.2, 0.25) is 5.02 Å². The summed E-state index contributed by atoms with van der Waals surface area (Å²) in [6.07, 6.45) is 1.02. The zero-order valence-electron chi connectivity index (χ0n) is 12.8. The molecule has 0 aliphatic carbocycles. The first-order valence-corrected chi connectivity index (χ1v) is 10.1. The lowest BCUT2D eigenvalue weighted by Gasteiger charge is -2.09. The lowest BCUT2D eigenvalue weighted by atomic mass is 10.2. The van der Waals surface area contributed by atoms with Gasteiger partial charge >= 0.3 is 0 Å². The average Bonchev–Trinajstić information content (AvgIpc) is 2.87. The second-order valence-corrected chi connectivity index (χ2v) is 8.62. The van der Waals surface area contributed by atoms with Crippen LogP contribution in [0.5, 0.6) is 0 Å². The molecule has 0 aliphatic rings. The van der Waals surface area contributed by atoms with Gasteiger partial charge in [0.1, 0.15) is 5.82 Å². The van der Waals surface area contributed by atoms with Crippen LogP contribution in [0.1, 0.15) is 9.67 Å². The molecule has 1 heterocycles. The fourth-order valence-electron chi connectivity index (χ4n) is 2.25. The van der Waals surface area contributed by atoms with Crippen LogP contribution in [0.25, 0.3) is 10.1 Å². The monoisotopic (exact) mass is 398 g/mol. The Hall–Kier alpha value is -2.16. The van der Waals surface area contributed by atoms with E-state index in [0.717, 1.165) is 11.0 Å². The van der Waals surface area contributed by atoms with Crippen LogP contribution in [0.4, 0.5) is 15.8 Å². The molecular weight excluding hydrogens is 387 g/mol. The van der Waals surface area contributed by atoms with Gasteiger partial charge in [-0.05, 0) is 47.9 Å². The third kappa shape index (κ3) is 4.47. The molecule has 1 amide bonds. The fraction of sp³-hybridized carbons (Fsp3) is 0.0625. The Balaban J connectivity index is 1.86. The molecule has 0 saturated heterocycles. The number of benzene rings is 2. The van der Waals surface area contributed by atoms with Gasteiger partial charge in [0.05, 0.1) is 16.8 Å². The summed E-state index contributed by atoms with van der Waals surface area (Å²) in [6.45, 7) is 0. The van der Waals surface area contributed by atoms with Gasteiger partial charge in [0.2, 0.25) is 10.0 Å². The van der Waals surface area contributed by atoms with E-state index in [1.165, 1.54) is 41.7 Å². The van der Waals surface area contributed by atoms with Crippen LogP contribution < -0.4 is 10.0 Å². The normalized spacial score (nSPS) is 11.5. The van der Waals surface area contributed by atoms with Crippen molar-refractivity contribution in [1.29, 1.82) is 0 Å². The predicted molar refractivity (Wildman–Crippen MR) is 99.7 cm³/mol. The maximum Gasteiger partial charge on any atom is 0.265 e. The first-order chi connectivity index (χ1) is 11.7. The van der Waals surface area contributed by atoms with E-state index in [1.54, 1.807) is 12.1 Å². The Morgan fingerprint density at radius 3 is 2.56 bits per heavy atom. The molecule has 2 N–H and O–H groups in total. The summed E-state index contributed by atoms with van der Waals surface area (Å²) in [6, 6.07) is 10.3. The molecule has 0 saturated carbocycles. The van der Waals surface area contributed by atoms with Crippen LogP contribution >= 0.6 is 22.9 Å². The second-order valence-electron chi connectivity index (χ2n) is 5.35. The Labute approximate surface area is 152 Å². The predicted octanol–water partition coefficient (Wildman–Crippen LogP) is 4.32. The van der Waals surface area contributed by atoms with E-state index < -0.39 is 15.9 Å². The van der Waals surface area contributed by atoms with E-state index in [-0.39, 0.29) is 16.5 Å². The first-order valence-electron chi connectivity index (χ1n) is 6.98. The van der Waals surface area contributed by atoms with Crippen LogP contribution in [-0.2, 0) is 10.0 Å². The largest absolute Gasteiger partial charge is 0.321 e. The van der Waals surface area contributed by atoms with Crippen molar-refractivity contribution in [2.45, 2.75) is 0 Å². The highest BCUT2D eigenvalue weighted by Crippen LogP contribution is 2.28. The SMILES string of the molecule is CS(=O)(=O)Nc1cc(Cl)cc(NC(=O)c2cc3cc(F)ccc3s2)c1.